The molecule has 4 fully saturated rings. The number of fused-ring (bicyclic) bond motifs is 1. The Labute approximate surface area is 205 Å². The van der Waals surface area contributed by atoms with E-state index in [9.17, 15) is 9.59 Å². The molecule has 9 nitrogen and oxygen atoms in total. The van der Waals surface area contributed by atoms with Crippen LogP contribution >= 0.6 is 11.6 Å². The van der Waals surface area contributed by atoms with Crippen LogP contribution in [0.1, 0.15) is 27.2 Å². The highest BCUT2D eigenvalue weighted by atomic mass is 35.5. The van der Waals surface area contributed by atoms with Crippen molar-refractivity contribution in [1.82, 2.24) is 15.1 Å². The molecule has 3 amide bonds. The van der Waals surface area contributed by atoms with Crippen molar-refractivity contribution in [2.75, 3.05) is 50.8 Å². The molecule has 0 bridgehead atoms. The Morgan fingerprint density at radius 2 is 1.88 bits per heavy atom. The summed E-state index contributed by atoms with van der Waals surface area (Å²) in [4.78, 5) is 30.3. The Balaban J connectivity index is 1.11. The van der Waals surface area contributed by atoms with Gasteiger partial charge in [-0.3, -0.25) is 4.79 Å². The van der Waals surface area contributed by atoms with E-state index in [0.29, 0.717) is 37.0 Å². The second-order valence-corrected chi connectivity index (χ2v) is 10.9. The van der Waals surface area contributed by atoms with Gasteiger partial charge in [-0.25, -0.2) is 4.79 Å². The standard InChI is InChI=1S/C24H33ClN4O5/c1-24(2,3)34-16-11-28(12-16)18-5-4-6-20(22(18)25)33-15-9-29(10-15)23(31)27-8-7-19-17(13-27)26-21(30)14-32-19/h4-6,15-17,19H,7-14H2,1-3H3,(H,26,30)/t17-,19+/m1/s1. The second-order valence-electron chi connectivity index (χ2n) is 10.5. The van der Waals surface area contributed by atoms with E-state index in [1.807, 2.05) is 18.2 Å². The van der Waals surface area contributed by atoms with Crippen LogP contribution in [0.5, 0.6) is 5.75 Å². The maximum absolute atomic E-state index is 12.9. The van der Waals surface area contributed by atoms with Gasteiger partial charge in [0.1, 0.15) is 23.5 Å². The zero-order valence-corrected chi connectivity index (χ0v) is 20.7. The average molecular weight is 493 g/mol. The van der Waals surface area contributed by atoms with Crippen LogP contribution in [0.15, 0.2) is 18.2 Å². The van der Waals surface area contributed by atoms with Gasteiger partial charge in [0.15, 0.2) is 0 Å². The fourth-order valence-corrected chi connectivity index (χ4v) is 5.26. The third-order valence-corrected chi connectivity index (χ3v) is 7.04. The van der Waals surface area contributed by atoms with E-state index in [1.165, 1.54) is 0 Å². The molecule has 5 rings (SSSR count). The number of piperidine rings is 1. The van der Waals surface area contributed by atoms with Crippen LogP contribution in [-0.2, 0) is 14.3 Å². The number of ether oxygens (including phenoxy) is 3. The van der Waals surface area contributed by atoms with Gasteiger partial charge >= 0.3 is 6.03 Å². The summed E-state index contributed by atoms with van der Waals surface area (Å²) in [5.41, 5.74) is 0.785. The number of benzene rings is 1. The molecule has 0 saturated carbocycles. The molecule has 4 saturated heterocycles. The number of halogens is 1. The summed E-state index contributed by atoms with van der Waals surface area (Å²) in [6.45, 7) is 10.0. The summed E-state index contributed by atoms with van der Waals surface area (Å²) >= 11 is 6.68. The molecule has 0 unspecified atom stereocenters. The van der Waals surface area contributed by atoms with Gasteiger partial charge in [-0.1, -0.05) is 17.7 Å². The highest BCUT2D eigenvalue weighted by Crippen LogP contribution is 2.38. The second kappa shape index (κ2) is 9.09. The van der Waals surface area contributed by atoms with Crippen LogP contribution < -0.4 is 15.0 Å². The van der Waals surface area contributed by atoms with Crippen molar-refractivity contribution in [3.8, 4) is 5.75 Å². The first-order valence-electron chi connectivity index (χ1n) is 12.0. The van der Waals surface area contributed by atoms with E-state index in [1.54, 1.807) is 9.80 Å². The van der Waals surface area contributed by atoms with Crippen LogP contribution in [0.4, 0.5) is 10.5 Å². The normalized spacial score (nSPS) is 25.9. The van der Waals surface area contributed by atoms with Gasteiger partial charge < -0.3 is 34.2 Å². The summed E-state index contributed by atoms with van der Waals surface area (Å²) in [5.74, 6) is 0.516. The first kappa shape index (κ1) is 23.5. The van der Waals surface area contributed by atoms with Crippen molar-refractivity contribution in [1.29, 1.82) is 0 Å². The molecular formula is C24H33ClN4O5. The molecule has 10 heteroatoms. The van der Waals surface area contributed by atoms with Crippen LogP contribution in [0.3, 0.4) is 0 Å². The number of rotatable bonds is 4. The summed E-state index contributed by atoms with van der Waals surface area (Å²) in [6.07, 6.45) is 0.821. The number of carbonyl (C=O) groups is 2. The lowest BCUT2D eigenvalue weighted by molar-refractivity contribution is -0.139. The number of hydrogen-bond acceptors (Lipinski definition) is 6. The average Bonchev–Trinajstić information content (AvgIpc) is 2.72. The molecular weight excluding hydrogens is 460 g/mol. The number of hydrogen-bond donors (Lipinski definition) is 1. The number of likely N-dealkylation sites (tertiary alicyclic amines) is 2. The smallest absolute Gasteiger partial charge is 0.320 e. The van der Waals surface area contributed by atoms with Crippen molar-refractivity contribution in [2.24, 2.45) is 0 Å². The molecule has 1 aromatic carbocycles. The summed E-state index contributed by atoms with van der Waals surface area (Å²) in [5, 5.41) is 3.53. The number of anilines is 1. The van der Waals surface area contributed by atoms with Crippen molar-refractivity contribution >= 4 is 29.2 Å². The SMILES string of the molecule is CC(C)(C)OC1CN(c2cccc(OC3CN(C(=O)N4CC[C@@H]5OCC(=O)N[C@@H]5C4)C3)c2Cl)C1. The Morgan fingerprint density at radius 1 is 1.12 bits per heavy atom. The summed E-state index contributed by atoms with van der Waals surface area (Å²) in [7, 11) is 0. The lowest BCUT2D eigenvalue weighted by atomic mass is 10.0. The van der Waals surface area contributed by atoms with E-state index < -0.39 is 0 Å². The van der Waals surface area contributed by atoms with Gasteiger partial charge in [-0.2, -0.15) is 0 Å². The Kier molecular flexibility index (Phi) is 6.29. The Hall–Kier alpha value is -2.23. The molecule has 0 aliphatic carbocycles. The molecule has 0 aromatic heterocycles. The van der Waals surface area contributed by atoms with Crippen LogP contribution in [0.25, 0.3) is 0 Å². The van der Waals surface area contributed by atoms with Crippen molar-refractivity contribution in [3.05, 3.63) is 23.2 Å². The maximum atomic E-state index is 12.9. The van der Waals surface area contributed by atoms with Crippen molar-refractivity contribution in [2.45, 2.75) is 57.1 Å². The van der Waals surface area contributed by atoms with E-state index >= 15 is 0 Å². The molecule has 186 valence electrons. The molecule has 1 aromatic rings. The Bertz CT molecular complexity index is 942. The van der Waals surface area contributed by atoms with Gasteiger partial charge in [0, 0.05) is 26.2 Å². The van der Waals surface area contributed by atoms with Gasteiger partial charge in [0.05, 0.1) is 42.6 Å². The van der Waals surface area contributed by atoms with E-state index in [-0.39, 0.29) is 48.5 Å². The highest BCUT2D eigenvalue weighted by Gasteiger charge is 2.41. The zero-order valence-electron chi connectivity index (χ0n) is 20.0. The number of urea groups is 1. The first-order chi connectivity index (χ1) is 16.2. The minimum atomic E-state index is -0.160. The van der Waals surface area contributed by atoms with Gasteiger partial charge in [0.25, 0.3) is 0 Å². The van der Waals surface area contributed by atoms with Crippen LogP contribution in [0, 0.1) is 0 Å². The minimum Gasteiger partial charge on any atom is -0.485 e. The fourth-order valence-electron chi connectivity index (χ4n) is 4.97. The number of amides is 3. The zero-order chi connectivity index (χ0) is 24.0. The third-order valence-electron chi connectivity index (χ3n) is 6.66. The number of morpholine rings is 1. The van der Waals surface area contributed by atoms with E-state index in [0.717, 1.165) is 25.2 Å². The summed E-state index contributed by atoms with van der Waals surface area (Å²) in [6, 6.07) is 5.65. The number of carbonyl (C=O) groups excluding carboxylic acids is 2. The lowest BCUT2D eigenvalue weighted by Gasteiger charge is -2.46. The predicted molar refractivity (Wildman–Crippen MR) is 128 cm³/mol. The topological polar surface area (TPSA) is 83.6 Å². The maximum Gasteiger partial charge on any atom is 0.320 e. The van der Waals surface area contributed by atoms with Crippen LogP contribution in [0.2, 0.25) is 5.02 Å². The van der Waals surface area contributed by atoms with Crippen molar-refractivity contribution in [3.63, 3.8) is 0 Å². The molecule has 4 aliphatic heterocycles. The number of nitrogens with zero attached hydrogens (tertiary/aromatic N) is 3. The monoisotopic (exact) mass is 492 g/mol. The van der Waals surface area contributed by atoms with Crippen molar-refractivity contribution < 1.29 is 23.8 Å². The molecule has 2 atom stereocenters. The van der Waals surface area contributed by atoms with Gasteiger partial charge in [0.2, 0.25) is 5.91 Å². The van der Waals surface area contributed by atoms with E-state index in [4.69, 9.17) is 25.8 Å². The molecule has 0 spiro atoms. The molecule has 0 radical (unpaired) electrons. The summed E-state index contributed by atoms with van der Waals surface area (Å²) < 4.78 is 17.7. The predicted octanol–water partition coefficient (Wildman–Crippen LogP) is 2.12. The Morgan fingerprint density at radius 3 is 2.62 bits per heavy atom. The van der Waals surface area contributed by atoms with Gasteiger partial charge in [-0.15, -0.1) is 0 Å². The quantitative estimate of drug-likeness (QED) is 0.693. The van der Waals surface area contributed by atoms with Gasteiger partial charge in [-0.05, 0) is 39.3 Å². The molecule has 4 aliphatic rings. The first-order valence-corrected chi connectivity index (χ1v) is 12.4. The molecule has 4 heterocycles. The third kappa shape index (κ3) is 4.92. The van der Waals surface area contributed by atoms with Crippen LogP contribution in [-0.4, -0.2) is 97.6 Å². The fraction of sp³-hybridized carbons (Fsp3) is 0.667. The lowest BCUT2D eigenvalue weighted by Crippen LogP contribution is -2.65. The largest absolute Gasteiger partial charge is 0.485 e. The highest BCUT2D eigenvalue weighted by molar-refractivity contribution is 6.34. The molecule has 34 heavy (non-hydrogen) atoms. The molecule has 1 N–H and O–H groups in total. The minimum absolute atomic E-state index is 0.00893. The number of nitrogens with one attached hydrogen (secondary N) is 1. The van der Waals surface area contributed by atoms with E-state index in [2.05, 4.69) is 31.0 Å².